The Morgan fingerprint density at radius 1 is 1.24 bits per heavy atom. The third-order valence-electron chi connectivity index (χ3n) is 4.47. The van der Waals surface area contributed by atoms with Crippen LogP contribution in [0, 0.1) is 11.3 Å². The van der Waals surface area contributed by atoms with Crippen molar-refractivity contribution < 1.29 is 4.79 Å². The van der Waals surface area contributed by atoms with Crippen molar-refractivity contribution in [2.45, 2.75) is 46.6 Å². The number of anilines is 1. The maximum absolute atomic E-state index is 12.7. The maximum atomic E-state index is 12.7. The molecule has 0 aromatic heterocycles. The van der Waals surface area contributed by atoms with Crippen LogP contribution in [0.25, 0.3) is 0 Å². The standard InChI is InChI=1S/C18H24N2O/c1-12(2)17-16-14(10-18(3,4)11-15(16)21)20(19-17)13-8-6-5-7-9-13/h5-9,12,14,19H,10-11H2,1-4H3. The van der Waals surface area contributed by atoms with E-state index in [0.29, 0.717) is 18.1 Å². The van der Waals surface area contributed by atoms with Crippen molar-refractivity contribution in [2.24, 2.45) is 11.3 Å². The number of benzene rings is 1. The van der Waals surface area contributed by atoms with E-state index in [0.717, 1.165) is 23.4 Å². The van der Waals surface area contributed by atoms with Crippen LogP contribution in [-0.2, 0) is 4.79 Å². The molecular weight excluding hydrogens is 260 g/mol. The Kier molecular flexibility index (Phi) is 3.31. The quantitative estimate of drug-likeness (QED) is 0.899. The fourth-order valence-electron chi connectivity index (χ4n) is 3.50. The average Bonchev–Trinajstić information content (AvgIpc) is 2.78. The molecule has 1 aromatic rings. The SMILES string of the molecule is CC(C)C1=C2C(=O)CC(C)(C)CC2N(c2ccccc2)N1. The van der Waals surface area contributed by atoms with Crippen molar-refractivity contribution in [3.63, 3.8) is 0 Å². The molecule has 1 aliphatic heterocycles. The number of carbonyl (C=O) groups excluding carboxylic acids is 1. The molecule has 1 atom stereocenters. The van der Waals surface area contributed by atoms with E-state index in [2.05, 4.69) is 50.3 Å². The number of hydrogen-bond donors (Lipinski definition) is 1. The van der Waals surface area contributed by atoms with E-state index in [4.69, 9.17) is 0 Å². The minimum Gasteiger partial charge on any atom is -0.301 e. The van der Waals surface area contributed by atoms with Crippen LogP contribution in [0.2, 0.25) is 0 Å². The van der Waals surface area contributed by atoms with E-state index in [1.165, 1.54) is 0 Å². The number of carbonyl (C=O) groups is 1. The second-order valence-corrected chi connectivity index (χ2v) is 7.28. The number of rotatable bonds is 2. The summed E-state index contributed by atoms with van der Waals surface area (Å²) in [4.78, 5) is 12.7. The summed E-state index contributed by atoms with van der Waals surface area (Å²) in [6, 6.07) is 10.5. The van der Waals surface area contributed by atoms with Crippen LogP contribution in [0.5, 0.6) is 0 Å². The molecule has 112 valence electrons. The van der Waals surface area contributed by atoms with Gasteiger partial charge in [0.05, 0.1) is 11.7 Å². The van der Waals surface area contributed by atoms with Gasteiger partial charge in [0.15, 0.2) is 5.78 Å². The highest BCUT2D eigenvalue weighted by Crippen LogP contribution is 2.43. The summed E-state index contributed by atoms with van der Waals surface area (Å²) in [5.41, 5.74) is 6.81. The largest absolute Gasteiger partial charge is 0.301 e. The first-order chi connectivity index (χ1) is 9.89. The van der Waals surface area contributed by atoms with Crippen LogP contribution in [-0.4, -0.2) is 11.8 Å². The molecule has 1 N–H and O–H groups in total. The van der Waals surface area contributed by atoms with Gasteiger partial charge in [-0.15, -0.1) is 0 Å². The number of fused-ring (bicyclic) bond motifs is 1. The Hall–Kier alpha value is -1.77. The number of hydrogen-bond acceptors (Lipinski definition) is 3. The van der Waals surface area contributed by atoms with Crippen LogP contribution < -0.4 is 10.4 Å². The topological polar surface area (TPSA) is 32.3 Å². The predicted octanol–water partition coefficient (Wildman–Crippen LogP) is 3.68. The van der Waals surface area contributed by atoms with Gasteiger partial charge in [0.2, 0.25) is 0 Å². The molecule has 2 aliphatic rings. The van der Waals surface area contributed by atoms with Gasteiger partial charge in [-0.1, -0.05) is 45.9 Å². The van der Waals surface area contributed by atoms with Gasteiger partial charge < -0.3 is 5.43 Å². The normalized spacial score (nSPS) is 24.3. The minimum atomic E-state index is 0.0619. The second-order valence-electron chi connectivity index (χ2n) is 7.28. The zero-order valence-electron chi connectivity index (χ0n) is 13.3. The van der Waals surface area contributed by atoms with Gasteiger partial charge in [0.25, 0.3) is 0 Å². The van der Waals surface area contributed by atoms with Crippen molar-refractivity contribution in [3.8, 4) is 0 Å². The molecule has 3 nitrogen and oxygen atoms in total. The minimum absolute atomic E-state index is 0.0619. The van der Waals surface area contributed by atoms with Gasteiger partial charge >= 0.3 is 0 Å². The smallest absolute Gasteiger partial charge is 0.163 e. The summed E-state index contributed by atoms with van der Waals surface area (Å²) in [5, 5.41) is 2.18. The summed E-state index contributed by atoms with van der Waals surface area (Å²) < 4.78 is 0. The number of nitrogens with one attached hydrogen (secondary N) is 1. The maximum Gasteiger partial charge on any atom is 0.163 e. The summed E-state index contributed by atoms with van der Waals surface area (Å²) in [5.74, 6) is 0.646. The monoisotopic (exact) mass is 284 g/mol. The first-order valence-corrected chi connectivity index (χ1v) is 7.77. The van der Waals surface area contributed by atoms with Crippen LogP contribution in [0.1, 0.15) is 40.5 Å². The average molecular weight is 284 g/mol. The first kappa shape index (κ1) is 14.2. The molecule has 1 heterocycles. The number of allylic oxidation sites excluding steroid dienone is 1. The lowest BCUT2D eigenvalue weighted by atomic mass is 9.71. The molecule has 0 bridgehead atoms. The lowest BCUT2D eigenvalue weighted by Crippen LogP contribution is -2.45. The van der Waals surface area contributed by atoms with Crippen LogP contribution in [0.3, 0.4) is 0 Å². The van der Waals surface area contributed by atoms with Gasteiger partial charge in [-0.3, -0.25) is 9.80 Å². The predicted molar refractivity (Wildman–Crippen MR) is 85.7 cm³/mol. The molecule has 0 amide bonds. The molecule has 1 unspecified atom stereocenters. The van der Waals surface area contributed by atoms with Gasteiger partial charge in [-0.05, 0) is 29.9 Å². The molecule has 0 radical (unpaired) electrons. The molecule has 0 spiro atoms. The zero-order chi connectivity index (χ0) is 15.2. The van der Waals surface area contributed by atoms with Gasteiger partial charge in [0, 0.05) is 17.7 Å². The highest BCUT2D eigenvalue weighted by atomic mass is 16.1. The number of ketones is 1. The molecular formula is C18H24N2O. The molecule has 0 saturated heterocycles. The molecule has 3 heteroatoms. The molecule has 1 saturated carbocycles. The lowest BCUT2D eigenvalue weighted by molar-refractivity contribution is -0.119. The second kappa shape index (κ2) is 4.90. The Morgan fingerprint density at radius 3 is 2.52 bits per heavy atom. The Labute approximate surface area is 127 Å². The summed E-state index contributed by atoms with van der Waals surface area (Å²) in [7, 11) is 0. The van der Waals surface area contributed by atoms with Crippen molar-refractivity contribution in [1.29, 1.82) is 0 Å². The van der Waals surface area contributed by atoms with E-state index >= 15 is 0 Å². The first-order valence-electron chi connectivity index (χ1n) is 7.77. The highest BCUT2D eigenvalue weighted by Gasteiger charge is 2.45. The Morgan fingerprint density at radius 2 is 1.90 bits per heavy atom. The van der Waals surface area contributed by atoms with Crippen LogP contribution >= 0.6 is 0 Å². The van der Waals surface area contributed by atoms with Gasteiger partial charge in [-0.2, -0.15) is 0 Å². The molecule has 1 aromatic carbocycles. The zero-order valence-corrected chi connectivity index (χ0v) is 13.3. The number of hydrazine groups is 1. The molecule has 1 aliphatic carbocycles. The van der Waals surface area contributed by atoms with Crippen molar-refractivity contribution >= 4 is 11.5 Å². The third-order valence-corrected chi connectivity index (χ3v) is 4.47. The molecule has 21 heavy (non-hydrogen) atoms. The number of Topliss-reactive ketones (excluding diaryl/α,β-unsaturated/α-hetero) is 1. The van der Waals surface area contributed by atoms with Crippen molar-refractivity contribution in [1.82, 2.24) is 5.43 Å². The van der Waals surface area contributed by atoms with Crippen molar-refractivity contribution in [2.75, 3.05) is 5.01 Å². The fraction of sp³-hybridized carbons (Fsp3) is 0.500. The third kappa shape index (κ3) is 2.45. The van der Waals surface area contributed by atoms with E-state index in [-0.39, 0.29) is 11.5 Å². The number of para-hydroxylation sites is 1. The van der Waals surface area contributed by atoms with E-state index < -0.39 is 0 Å². The summed E-state index contributed by atoms with van der Waals surface area (Å²) >= 11 is 0. The number of nitrogens with zero attached hydrogens (tertiary/aromatic N) is 1. The van der Waals surface area contributed by atoms with Crippen molar-refractivity contribution in [3.05, 3.63) is 41.6 Å². The summed E-state index contributed by atoms with van der Waals surface area (Å²) in [6.45, 7) is 8.68. The lowest BCUT2D eigenvalue weighted by Gasteiger charge is -2.38. The van der Waals surface area contributed by atoms with Crippen LogP contribution in [0.4, 0.5) is 5.69 Å². The van der Waals surface area contributed by atoms with Gasteiger partial charge in [-0.25, -0.2) is 0 Å². The molecule has 1 fully saturated rings. The fourth-order valence-corrected chi connectivity index (χ4v) is 3.50. The highest BCUT2D eigenvalue weighted by molar-refractivity contribution is 6.00. The Bertz CT molecular complexity index is 586. The summed E-state index contributed by atoms with van der Waals surface area (Å²) in [6.07, 6.45) is 1.66. The molecule has 3 rings (SSSR count). The van der Waals surface area contributed by atoms with E-state index in [1.807, 2.05) is 18.2 Å². The Balaban J connectivity index is 2.03. The van der Waals surface area contributed by atoms with E-state index in [9.17, 15) is 4.79 Å². The van der Waals surface area contributed by atoms with E-state index in [1.54, 1.807) is 0 Å². The van der Waals surface area contributed by atoms with Crippen LogP contribution in [0.15, 0.2) is 41.6 Å². The van der Waals surface area contributed by atoms with Gasteiger partial charge in [0.1, 0.15) is 0 Å².